The molecule has 0 radical (unpaired) electrons. The van der Waals surface area contributed by atoms with Crippen LogP contribution in [0.1, 0.15) is 28.4 Å². The summed E-state index contributed by atoms with van der Waals surface area (Å²) in [4.78, 5) is 21.8. The number of H-pyrrole nitrogens is 1. The predicted octanol–water partition coefficient (Wildman–Crippen LogP) is 4.16. The molecule has 3 N–H and O–H groups in total. The Labute approximate surface area is 193 Å². The van der Waals surface area contributed by atoms with Gasteiger partial charge in [0.2, 0.25) is 0 Å². The molecule has 0 atom stereocenters. The average molecular weight is 475 g/mol. The molecule has 5 rings (SSSR count). The van der Waals surface area contributed by atoms with Gasteiger partial charge in [-0.25, -0.2) is 4.98 Å². The largest absolute Gasteiger partial charge is 0.491 e. The number of benzene rings is 1. The van der Waals surface area contributed by atoms with Gasteiger partial charge >= 0.3 is 6.18 Å². The van der Waals surface area contributed by atoms with Crippen LogP contribution in [0.3, 0.4) is 0 Å². The first kappa shape index (κ1) is 22.3. The van der Waals surface area contributed by atoms with Crippen molar-refractivity contribution in [2.75, 3.05) is 50.1 Å². The SMILES string of the molecule is CCNc1cc(Nc2ccc(C(=O)N3CCOCC3)c3c2OCC3)nc2[nH]cc(C(F)(F)F)c12. The fraction of sp³-hybridized carbons (Fsp3) is 0.391. The van der Waals surface area contributed by atoms with Crippen molar-refractivity contribution in [3.63, 3.8) is 0 Å². The Hall–Kier alpha value is -3.47. The molecule has 0 bridgehead atoms. The quantitative estimate of drug-likeness (QED) is 0.513. The van der Waals surface area contributed by atoms with E-state index in [2.05, 4.69) is 20.6 Å². The van der Waals surface area contributed by atoms with E-state index in [9.17, 15) is 18.0 Å². The second kappa shape index (κ2) is 8.71. The predicted molar refractivity (Wildman–Crippen MR) is 121 cm³/mol. The molecular weight excluding hydrogens is 451 g/mol. The Balaban J connectivity index is 1.49. The lowest BCUT2D eigenvalue weighted by molar-refractivity contribution is -0.136. The number of aromatic nitrogens is 2. The zero-order chi connectivity index (χ0) is 23.9. The molecule has 1 saturated heterocycles. The van der Waals surface area contributed by atoms with Crippen LogP contribution in [-0.2, 0) is 17.3 Å². The number of hydrogen-bond acceptors (Lipinski definition) is 6. The van der Waals surface area contributed by atoms with Gasteiger partial charge in [-0.05, 0) is 19.1 Å². The van der Waals surface area contributed by atoms with Crippen molar-refractivity contribution in [1.29, 1.82) is 0 Å². The number of amides is 1. The molecule has 180 valence electrons. The minimum Gasteiger partial charge on any atom is -0.491 e. The first-order valence-corrected chi connectivity index (χ1v) is 11.1. The fourth-order valence-corrected chi connectivity index (χ4v) is 4.42. The van der Waals surface area contributed by atoms with Gasteiger partial charge in [0.05, 0.1) is 36.5 Å². The van der Waals surface area contributed by atoms with Gasteiger partial charge in [0, 0.05) is 55.1 Å². The lowest BCUT2D eigenvalue weighted by atomic mass is 10.0. The molecule has 0 aliphatic carbocycles. The number of hydrogen-bond donors (Lipinski definition) is 3. The maximum atomic E-state index is 13.5. The van der Waals surface area contributed by atoms with Crippen LogP contribution in [0, 0.1) is 0 Å². The Morgan fingerprint density at radius 1 is 1.21 bits per heavy atom. The van der Waals surface area contributed by atoms with E-state index in [0.717, 1.165) is 11.8 Å². The van der Waals surface area contributed by atoms with E-state index in [1.165, 1.54) is 0 Å². The van der Waals surface area contributed by atoms with Gasteiger partial charge in [-0.2, -0.15) is 13.2 Å². The standard InChI is InChI=1S/C23H24F3N5O3/c1-2-27-17-11-18(30-21-19(17)15(12-28-21)23(24,25)26)29-16-4-3-14(13-5-8-34-20(13)16)22(32)31-6-9-33-10-7-31/h3-4,11-12H,2,5-10H2,1H3,(H3,27,28,29,30). The minimum atomic E-state index is -4.50. The van der Waals surface area contributed by atoms with Crippen LogP contribution < -0.4 is 15.4 Å². The number of halogens is 3. The van der Waals surface area contributed by atoms with Gasteiger partial charge in [0.1, 0.15) is 17.2 Å². The smallest absolute Gasteiger partial charge is 0.418 e. The van der Waals surface area contributed by atoms with Crippen LogP contribution >= 0.6 is 0 Å². The highest BCUT2D eigenvalue weighted by atomic mass is 19.4. The van der Waals surface area contributed by atoms with E-state index in [4.69, 9.17) is 9.47 Å². The number of alkyl halides is 3. The maximum Gasteiger partial charge on any atom is 0.418 e. The van der Waals surface area contributed by atoms with Crippen molar-refractivity contribution in [3.8, 4) is 5.75 Å². The molecule has 8 nitrogen and oxygen atoms in total. The van der Waals surface area contributed by atoms with Gasteiger partial charge in [0.15, 0.2) is 0 Å². The highest BCUT2D eigenvalue weighted by molar-refractivity contribution is 5.98. The number of morpholine rings is 1. The maximum absolute atomic E-state index is 13.5. The molecule has 1 fully saturated rings. The van der Waals surface area contributed by atoms with Crippen molar-refractivity contribution >= 4 is 34.1 Å². The summed E-state index contributed by atoms with van der Waals surface area (Å²) in [6.45, 7) is 4.81. The summed E-state index contributed by atoms with van der Waals surface area (Å²) in [6.07, 6.45) is -2.98. The van der Waals surface area contributed by atoms with Crippen molar-refractivity contribution in [2.24, 2.45) is 0 Å². The summed E-state index contributed by atoms with van der Waals surface area (Å²) in [6, 6.07) is 5.04. The second-order valence-electron chi connectivity index (χ2n) is 8.11. The third-order valence-corrected chi connectivity index (χ3v) is 5.97. The third-order valence-electron chi connectivity index (χ3n) is 5.97. The van der Waals surface area contributed by atoms with Gasteiger partial charge in [-0.1, -0.05) is 0 Å². The fourth-order valence-electron chi connectivity index (χ4n) is 4.42. The summed E-state index contributed by atoms with van der Waals surface area (Å²) < 4.78 is 51.6. The van der Waals surface area contributed by atoms with E-state index in [-0.39, 0.29) is 16.9 Å². The minimum absolute atomic E-state index is 0.00663. The molecule has 0 unspecified atom stereocenters. The number of aromatic amines is 1. The second-order valence-corrected chi connectivity index (χ2v) is 8.11. The van der Waals surface area contributed by atoms with Crippen molar-refractivity contribution in [3.05, 3.63) is 41.1 Å². The zero-order valence-electron chi connectivity index (χ0n) is 18.5. The van der Waals surface area contributed by atoms with Gasteiger partial charge in [0.25, 0.3) is 5.91 Å². The molecule has 1 aromatic carbocycles. The molecule has 3 aromatic rings. The number of carbonyl (C=O) groups excluding carboxylic acids is 1. The number of rotatable bonds is 5. The lowest BCUT2D eigenvalue weighted by Gasteiger charge is -2.27. The first-order chi connectivity index (χ1) is 16.4. The normalized spacial score (nSPS) is 15.8. The molecule has 11 heteroatoms. The number of nitrogens with zero attached hydrogens (tertiary/aromatic N) is 2. The summed E-state index contributed by atoms with van der Waals surface area (Å²) >= 11 is 0. The van der Waals surface area contributed by atoms with Crippen LogP contribution in [0.4, 0.5) is 30.4 Å². The molecule has 2 aliphatic rings. The van der Waals surface area contributed by atoms with Crippen LogP contribution in [0.15, 0.2) is 24.4 Å². The molecule has 34 heavy (non-hydrogen) atoms. The number of carbonyl (C=O) groups is 1. The summed E-state index contributed by atoms with van der Waals surface area (Å²) in [5.74, 6) is 0.856. The summed E-state index contributed by atoms with van der Waals surface area (Å²) in [5, 5.41) is 6.16. The molecule has 0 saturated carbocycles. The van der Waals surface area contributed by atoms with Gasteiger partial charge in [-0.3, -0.25) is 4.79 Å². The highest BCUT2D eigenvalue weighted by Gasteiger charge is 2.35. The molecule has 2 aromatic heterocycles. The number of nitrogens with one attached hydrogen (secondary N) is 3. The number of pyridine rings is 1. The van der Waals surface area contributed by atoms with E-state index in [1.807, 2.05) is 6.92 Å². The number of ether oxygens (including phenoxy) is 2. The summed E-state index contributed by atoms with van der Waals surface area (Å²) in [7, 11) is 0. The monoisotopic (exact) mass is 475 g/mol. The number of fused-ring (bicyclic) bond motifs is 2. The Morgan fingerprint density at radius 2 is 2.00 bits per heavy atom. The van der Waals surface area contributed by atoms with Crippen molar-refractivity contribution in [2.45, 2.75) is 19.5 Å². The van der Waals surface area contributed by atoms with Crippen LogP contribution in [-0.4, -0.2) is 60.2 Å². The van der Waals surface area contributed by atoms with Gasteiger partial charge in [-0.15, -0.1) is 0 Å². The van der Waals surface area contributed by atoms with E-state index >= 15 is 0 Å². The van der Waals surface area contributed by atoms with E-state index < -0.39 is 11.7 Å². The first-order valence-electron chi connectivity index (χ1n) is 11.1. The Morgan fingerprint density at radius 3 is 2.74 bits per heavy atom. The van der Waals surface area contributed by atoms with Crippen LogP contribution in [0.5, 0.6) is 5.75 Å². The molecule has 1 amide bonds. The van der Waals surface area contributed by atoms with Crippen LogP contribution in [0.2, 0.25) is 0 Å². The van der Waals surface area contributed by atoms with Crippen molar-refractivity contribution in [1.82, 2.24) is 14.9 Å². The lowest BCUT2D eigenvalue weighted by Crippen LogP contribution is -2.41. The Kier molecular flexibility index (Phi) is 5.72. The molecule has 0 spiro atoms. The zero-order valence-corrected chi connectivity index (χ0v) is 18.5. The van der Waals surface area contributed by atoms with Crippen LogP contribution in [0.25, 0.3) is 11.0 Å². The van der Waals surface area contributed by atoms with Crippen molar-refractivity contribution < 1.29 is 27.4 Å². The summed E-state index contributed by atoms with van der Waals surface area (Å²) in [5.41, 5.74) is 1.67. The Bertz CT molecular complexity index is 1230. The average Bonchev–Trinajstić information content (AvgIpc) is 3.47. The van der Waals surface area contributed by atoms with E-state index in [1.54, 1.807) is 23.1 Å². The molecule has 2 aliphatic heterocycles. The van der Waals surface area contributed by atoms with Gasteiger partial charge < -0.3 is 30.0 Å². The highest BCUT2D eigenvalue weighted by Crippen LogP contribution is 2.41. The molecule has 4 heterocycles. The number of anilines is 3. The molecular formula is C23H24F3N5O3. The third kappa shape index (κ3) is 4.00. The topological polar surface area (TPSA) is 91.5 Å². The van der Waals surface area contributed by atoms with E-state index in [0.29, 0.717) is 74.4 Å².